The van der Waals surface area contributed by atoms with Crippen molar-refractivity contribution in [3.05, 3.63) is 69.9 Å². The lowest BCUT2D eigenvalue weighted by Gasteiger charge is -2.12. The highest BCUT2D eigenvalue weighted by molar-refractivity contribution is 6.06. The number of phenols is 1. The van der Waals surface area contributed by atoms with Crippen LogP contribution in [0.2, 0.25) is 0 Å². The molecular weight excluding hydrogens is 363 g/mol. The molecule has 1 aromatic heterocycles. The van der Waals surface area contributed by atoms with E-state index in [4.69, 9.17) is 0 Å². The Morgan fingerprint density at radius 3 is 2.57 bits per heavy atom. The molecule has 2 N–H and O–H groups in total. The van der Waals surface area contributed by atoms with Crippen LogP contribution >= 0.6 is 0 Å². The van der Waals surface area contributed by atoms with E-state index in [9.17, 15) is 19.1 Å². The van der Waals surface area contributed by atoms with E-state index in [0.29, 0.717) is 10.8 Å². The smallest absolute Gasteiger partial charge is 0.292 e. The van der Waals surface area contributed by atoms with E-state index in [-0.39, 0.29) is 34.3 Å². The van der Waals surface area contributed by atoms with Gasteiger partial charge < -0.3 is 5.11 Å². The van der Waals surface area contributed by atoms with Gasteiger partial charge in [0.1, 0.15) is 11.6 Å². The number of fused-ring (bicyclic) bond motifs is 1. The second kappa shape index (κ2) is 7.59. The highest BCUT2D eigenvalue weighted by atomic mass is 19.1. The molecule has 0 atom stereocenters. The van der Waals surface area contributed by atoms with Gasteiger partial charge in [-0.1, -0.05) is 18.2 Å². The summed E-state index contributed by atoms with van der Waals surface area (Å²) in [6.45, 7) is 5.11. The molecule has 28 heavy (non-hydrogen) atoms. The highest BCUT2D eigenvalue weighted by Gasteiger charge is 2.18. The van der Waals surface area contributed by atoms with Gasteiger partial charge in [0.25, 0.3) is 11.5 Å². The van der Waals surface area contributed by atoms with Gasteiger partial charge in [-0.25, -0.2) is 14.5 Å². The fourth-order valence-corrected chi connectivity index (χ4v) is 2.77. The third kappa shape index (κ3) is 3.62. The second-order valence-electron chi connectivity index (χ2n) is 6.54. The van der Waals surface area contributed by atoms with Crippen molar-refractivity contribution in [1.82, 2.24) is 15.2 Å². The van der Waals surface area contributed by atoms with Crippen molar-refractivity contribution < 1.29 is 14.3 Å². The molecule has 0 saturated heterocycles. The van der Waals surface area contributed by atoms with Crippen LogP contribution in [0.4, 0.5) is 4.39 Å². The Bertz CT molecular complexity index is 1150. The Kier molecular flexibility index (Phi) is 5.21. The standard InChI is InChI=1S/C20H19FN4O3/c1-11(2)25-20(28)15-7-5-4-6-14(15)18(24-25)19(27)23-22-12(3)16-10-13(21)8-9-17(16)26/h4-11,26H,1-3H3,(H,23,27)/b22-12+. The summed E-state index contributed by atoms with van der Waals surface area (Å²) in [6.07, 6.45) is 0. The fraction of sp³-hybridized carbons (Fsp3) is 0.200. The zero-order valence-electron chi connectivity index (χ0n) is 15.6. The summed E-state index contributed by atoms with van der Waals surface area (Å²) < 4.78 is 14.7. The van der Waals surface area contributed by atoms with E-state index in [1.54, 1.807) is 38.1 Å². The van der Waals surface area contributed by atoms with Crippen LogP contribution in [0, 0.1) is 5.82 Å². The number of hydrogen-bond acceptors (Lipinski definition) is 5. The maximum absolute atomic E-state index is 13.4. The minimum atomic E-state index is -0.624. The maximum Gasteiger partial charge on any atom is 0.292 e. The average molecular weight is 382 g/mol. The number of carbonyl (C=O) groups is 1. The van der Waals surface area contributed by atoms with Crippen LogP contribution in [0.3, 0.4) is 0 Å². The zero-order valence-corrected chi connectivity index (χ0v) is 15.6. The summed E-state index contributed by atoms with van der Waals surface area (Å²) >= 11 is 0. The number of nitrogens with zero attached hydrogens (tertiary/aromatic N) is 3. The molecule has 0 aliphatic rings. The summed E-state index contributed by atoms with van der Waals surface area (Å²) in [5, 5.41) is 18.8. The first-order chi connectivity index (χ1) is 13.3. The molecule has 1 heterocycles. The topological polar surface area (TPSA) is 96.6 Å². The third-order valence-corrected chi connectivity index (χ3v) is 4.21. The largest absolute Gasteiger partial charge is 0.507 e. The van der Waals surface area contributed by atoms with Gasteiger partial charge in [0.15, 0.2) is 5.69 Å². The zero-order chi connectivity index (χ0) is 20.4. The Morgan fingerprint density at radius 1 is 1.21 bits per heavy atom. The number of nitrogens with one attached hydrogen (secondary N) is 1. The summed E-state index contributed by atoms with van der Waals surface area (Å²) in [4.78, 5) is 25.2. The van der Waals surface area contributed by atoms with Crippen LogP contribution in [0.25, 0.3) is 10.8 Å². The Labute approximate surface area is 160 Å². The fourth-order valence-electron chi connectivity index (χ4n) is 2.77. The van der Waals surface area contributed by atoms with E-state index in [1.165, 1.54) is 17.7 Å². The van der Waals surface area contributed by atoms with E-state index >= 15 is 0 Å². The Morgan fingerprint density at radius 2 is 1.89 bits per heavy atom. The van der Waals surface area contributed by atoms with Crippen molar-refractivity contribution >= 4 is 22.4 Å². The Balaban J connectivity index is 2.01. The minimum Gasteiger partial charge on any atom is -0.507 e. The van der Waals surface area contributed by atoms with Gasteiger partial charge in [-0.3, -0.25) is 9.59 Å². The maximum atomic E-state index is 13.4. The van der Waals surface area contributed by atoms with Gasteiger partial charge in [-0.05, 0) is 45.0 Å². The number of aromatic hydroxyl groups is 1. The molecule has 0 unspecified atom stereocenters. The van der Waals surface area contributed by atoms with Gasteiger partial charge in [0.2, 0.25) is 0 Å². The van der Waals surface area contributed by atoms with Crippen molar-refractivity contribution in [2.45, 2.75) is 26.8 Å². The van der Waals surface area contributed by atoms with Crippen LogP contribution < -0.4 is 11.0 Å². The van der Waals surface area contributed by atoms with E-state index in [2.05, 4.69) is 15.6 Å². The normalized spacial score (nSPS) is 11.8. The van der Waals surface area contributed by atoms with Crippen molar-refractivity contribution in [3.63, 3.8) is 0 Å². The van der Waals surface area contributed by atoms with Gasteiger partial charge in [0, 0.05) is 10.9 Å². The Hall–Kier alpha value is -3.55. The molecule has 0 aliphatic carbocycles. The summed E-state index contributed by atoms with van der Waals surface area (Å²) in [5.74, 6) is -1.32. The second-order valence-corrected chi connectivity index (χ2v) is 6.54. The number of halogens is 1. The lowest BCUT2D eigenvalue weighted by molar-refractivity contribution is 0.0949. The average Bonchev–Trinajstić information content (AvgIpc) is 2.68. The van der Waals surface area contributed by atoms with Crippen molar-refractivity contribution in [2.24, 2.45) is 5.10 Å². The SMILES string of the molecule is C/C(=N\NC(=O)c1nn(C(C)C)c(=O)c2ccccc12)c1cc(F)ccc1O. The van der Waals surface area contributed by atoms with Crippen molar-refractivity contribution in [1.29, 1.82) is 0 Å². The summed E-state index contributed by atoms with van der Waals surface area (Å²) in [7, 11) is 0. The monoisotopic (exact) mass is 382 g/mol. The molecule has 7 nitrogen and oxygen atoms in total. The quantitative estimate of drug-likeness (QED) is 0.536. The molecule has 0 radical (unpaired) electrons. The number of rotatable bonds is 4. The number of hydrazone groups is 1. The molecule has 1 amide bonds. The molecule has 0 bridgehead atoms. The number of benzene rings is 2. The number of phenolic OH excluding ortho intramolecular Hbond substituents is 1. The first-order valence-electron chi connectivity index (χ1n) is 8.64. The van der Waals surface area contributed by atoms with Gasteiger partial charge >= 0.3 is 0 Å². The predicted molar refractivity (Wildman–Crippen MR) is 104 cm³/mol. The van der Waals surface area contributed by atoms with Crippen molar-refractivity contribution in [3.8, 4) is 5.75 Å². The predicted octanol–water partition coefficient (Wildman–Crippen LogP) is 2.98. The van der Waals surface area contributed by atoms with Gasteiger partial charge in [0.05, 0.1) is 17.1 Å². The molecule has 0 aliphatic heterocycles. The molecule has 3 rings (SSSR count). The van der Waals surface area contributed by atoms with Crippen LogP contribution in [0.1, 0.15) is 42.9 Å². The first-order valence-corrected chi connectivity index (χ1v) is 8.64. The van der Waals surface area contributed by atoms with E-state index in [0.717, 1.165) is 12.1 Å². The summed E-state index contributed by atoms with van der Waals surface area (Å²) in [5.41, 5.74) is 2.49. The van der Waals surface area contributed by atoms with E-state index in [1.807, 2.05) is 0 Å². The first kappa shape index (κ1) is 19.2. The molecule has 0 spiro atoms. The lowest BCUT2D eigenvalue weighted by Crippen LogP contribution is -2.30. The van der Waals surface area contributed by atoms with Crippen LogP contribution in [0.15, 0.2) is 52.4 Å². The third-order valence-electron chi connectivity index (χ3n) is 4.21. The minimum absolute atomic E-state index is 0.0453. The molecule has 8 heteroatoms. The number of carbonyl (C=O) groups excluding carboxylic acids is 1. The number of hydrogen-bond donors (Lipinski definition) is 2. The van der Waals surface area contributed by atoms with Crippen LogP contribution in [-0.4, -0.2) is 26.5 Å². The van der Waals surface area contributed by atoms with E-state index < -0.39 is 11.7 Å². The summed E-state index contributed by atoms with van der Waals surface area (Å²) in [6, 6.07) is 9.90. The number of amides is 1. The van der Waals surface area contributed by atoms with Crippen LogP contribution in [-0.2, 0) is 0 Å². The van der Waals surface area contributed by atoms with Crippen LogP contribution in [0.5, 0.6) is 5.75 Å². The molecule has 3 aromatic rings. The molecule has 2 aromatic carbocycles. The highest BCUT2D eigenvalue weighted by Crippen LogP contribution is 2.19. The van der Waals surface area contributed by atoms with Gasteiger partial charge in [-0.2, -0.15) is 10.2 Å². The van der Waals surface area contributed by atoms with Crippen molar-refractivity contribution in [2.75, 3.05) is 0 Å². The molecular formula is C20H19FN4O3. The molecule has 0 fully saturated rings. The molecule has 0 saturated carbocycles. The lowest BCUT2D eigenvalue weighted by atomic mass is 10.1. The molecule has 144 valence electrons. The number of aromatic nitrogens is 2. The van der Waals surface area contributed by atoms with Gasteiger partial charge in [-0.15, -0.1) is 0 Å².